The highest BCUT2D eigenvalue weighted by Crippen LogP contribution is 2.33. The molecule has 2 heterocycles. The number of hydrogen-bond donors (Lipinski definition) is 0. The lowest BCUT2D eigenvalue weighted by Gasteiger charge is -2.27. The van der Waals surface area contributed by atoms with Crippen molar-refractivity contribution in [2.45, 2.75) is 25.8 Å². The molecule has 4 rings (SSSR count). The van der Waals surface area contributed by atoms with Crippen molar-refractivity contribution in [2.75, 3.05) is 22.9 Å². The van der Waals surface area contributed by atoms with E-state index in [1.165, 1.54) is 16.8 Å². The van der Waals surface area contributed by atoms with E-state index in [2.05, 4.69) is 48.2 Å². The summed E-state index contributed by atoms with van der Waals surface area (Å²) in [5.74, 6) is 0.202. The number of para-hydroxylation sites is 2. The molecule has 1 atom stereocenters. The van der Waals surface area contributed by atoms with E-state index >= 15 is 0 Å². The molecule has 3 heteroatoms. The molecular weight excluding hydrogens is 272 g/mol. The lowest BCUT2D eigenvalue weighted by Crippen LogP contribution is -2.42. The van der Waals surface area contributed by atoms with Crippen LogP contribution in [0.15, 0.2) is 48.5 Å². The summed E-state index contributed by atoms with van der Waals surface area (Å²) in [6.07, 6.45) is 1.99. The van der Waals surface area contributed by atoms with Gasteiger partial charge in [0.2, 0.25) is 5.91 Å². The molecule has 0 saturated heterocycles. The number of benzene rings is 2. The minimum atomic E-state index is 0.202. The SMILES string of the molecule is CC1Cc2ccccc2N1CC(=O)N1CCc2ccccc21. The molecule has 0 radical (unpaired) electrons. The Bertz CT molecular complexity index is 725. The zero-order valence-electron chi connectivity index (χ0n) is 12.8. The zero-order chi connectivity index (χ0) is 15.1. The normalized spacial score (nSPS) is 19.2. The molecule has 2 aliphatic heterocycles. The summed E-state index contributed by atoms with van der Waals surface area (Å²) in [6.45, 7) is 3.47. The molecule has 1 amide bonds. The number of carbonyl (C=O) groups excluding carboxylic acids is 1. The Kier molecular flexibility index (Phi) is 3.14. The van der Waals surface area contributed by atoms with Crippen LogP contribution >= 0.6 is 0 Å². The van der Waals surface area contributed by atoms with Crippen molar-refractivity contribution in [2.24, 2.45) is 0 Å². The van der Waals surface area contributed by atoms with E-state index in [0.29, 0.717) is 12.6 Å². The minimum absolute atomic E-state index is 0.202. The maximum absolute atomic E-state index is 12.8. The monoisotopic (exact) mass is 292 g/mol. The van der Waals surface area contributed by atoms with Gasteiger partial charge in [-0.1, -0.05) is 36.4 Å². The molecule has 2 aromatic rings. The van der Waals surface area contributed by atoms with Gasteiger partial charge in [-0.3, -0.25) is 4.79 Å². The summed E-state index contributed by atoms with van der Waals surface area (Å²) in [5, 5.41) is 0. The fourth-order valence-corrected chi connectivity index (χ4v) is 3.70. The van der Waals surface area contributed by atoms with Crippen LogP contribution < -0.4 is 9.80 Å². The van der Waals surface area contributed by atoms with Crippen LogP contribution in [-0.4, -0.2) is 25.0 Å². The van der Waals surface area contributed by atoms with Gasteiger partial charge >= 0.3 is 0 Å². The van der Waals surface area contributed by atoms with Crippen LogP contribution in [0.2, 0.25) is 0 Å². The van der Waals surface area contributed by atoms with Gasteiger partial charge in [-0.25, -0.2) is 0 Å². The molecule has 112 valence electrons. The first kappa shape index (κ1) is 13.4. The second-order valence-electron chi connectivity index (χ2n) is 6.23. The molecule has 1 unspecified atom stereocenters. The molecule has 2 aliphatic rings. The van der Waals surface area contributed by atoms with Gasteiger partial charge in [-0.05, 0) is 43.0 Å². The van der Waals surface area contributed by atoms with Gasteiger partial charge in [0.15, 0.2) is 0 Å². The maximum atomic E-state index is 12.8. The Morgan fingerprint density at radius 2 is 1.73 bits per heavy atom. The number of anilines is 2. The maximum Gasteiger partial charge on any atom is 0.246 e. The van der Waals surface area contributed by atoms with E-state index in [1.54, 1.807) is 0 Å². The predicted molar refractivity (Wildman–Crippen MR) is 89.5 cm³/mol. The van der Waals surface area contributed by atoms with Crippen molar-refractivity contribution in [3.05, 3.63) is 59.7 Å². The fourth-order valence-electron chi connectivity index (χ4n) is 3.70. The third kappa shape index (κ3) is 2.08. The molecular formula is C19H20N2O. The number of nitrogens with zero attached hydrogens (tertiary/aromatic N) is 2. The standard InChI is InChI=1S/C19H20N2O/c1-14-12-16-7-3-5-9-18(16)21(14)13-19(22)20-11-10-15-6-2-4-8-17(15)20/h2-9,14H,10-13H2,1H3. The van der Waals surface area contributed by atoms with Crippen LogP contribution in [-0.2, 0) is 17.6 Å². The average Bonchev–Trinajstić information content (AvgIpc) is 3.09. The van der Waals surface area contributed by atoms with Gasteiger partial charge in [0.05, 0.1) is 6.54 Å². The van der Waals surface area contributed by atoms with Gasteiger partial charge in [0.1, 0.15) is 0 Å². The highest BCUT2D eigenvalue weighted by atomic mass is 16.2. The molecule has 22 heavy (non-hydrogen) atoms. The van der Waals surface area contributed by atoms with Crippen LogP contribution in [0, 0.1) is 0 Å². The number of fused-ring (bicyclic) bond motifs is 2. The molecule has 0 spiro atoms. The zero-order valence-corrected chi connectivity index (χ0v) is 12.8. The van der Waals surface area contributed by atoms with Gasteiger partial charge in [0, 0.05) is 24.0 Å². The second kappa shape index (κ2) is 5.16. The molecule has 3 nitrogen and oxygen atoms in total. The van der Waals surface area contributed by atoms with Crippen molar-refractivity contribution in [1.82, 2.24) is 0 Å². The highest BCUT2D eigenvalue weighted by Gasteiger charge is 2.30. The van der Waals surface area contributed by atoms with Crippen molar-refractivity contribution < 1.29 is 4.79 Å². The third-order valence-electron chi connectivity index (χ3n) is 4.84. The Hall–Kier alpha value is -2.29. The first-order valence-corrected chi connectivity index (χ1v) is 7.97. The molecule has 0 fully saturated rings. The van der Waals surface area contributed by atoms with E-state index in [9.17, 15) is 4.79 Å². The Balaban J connectivity index is 1.56. The predicted octanol–water partition coefficient (Wildman–Crippen LogP) is 3.03. The van der Waals surface area contributed by atoms with Gasteiger partial charge in [-0.2, -0.15) is 0 Å². The summed E-state index contributed by atoms with van der Waals surface area (Å²) >= 11 is 0. The summed E-state index contributed by atoms with van der Waals surface area (Å²) in [6, 6.07) is 17.1. The number of hydrogen-bond acceptors (Lipinski definition) is 2. The summed E-state index contributed by atoms with van der Waals surface area (Å²) < 4.78 is 0. The summed E-state index contributed by atoms with van der Waals surface area (Å²) in [4.78, 5) is 17.0. The Morgan fingerprint density at radius 1 is 1.05 bits per heavy atom. The Labute approximate surface area is 131 Å². The van der Waals surface area contributed by atoms with Crippen molar-refractivity contribution in [1.29, 1.82) is 0 Å². The fraction of sp³-hybridized carbons (Fsp3) is 0.316. The van der Waals surface area contributed by atoms with Crippen molar-refractivity contribution >= 4 is 17.3 Å². The number of rotatable bonds is 2. The minimum Gasteiger partial charge on any atom is -0.359 e. The van der Waals surface area contributed by atoms with E-state index < -0.39 is 0 Å². The molecule has 0 aliphatic carbocycles. The van der Waals surface area contributed by atoms with E-state index in [1.807, 2.05) is 17.0 Å². The smallest absolute Gasteiger partial charge is 0.246 e. The van der Waals surface area contributed by atoms with Crippen LogP contribution in [0.3, 0.4) is 0 Å². The quantitative estimate of drug-likeness (QED) is 0.849. The van der Waals surface area contributed by atoms with E-state index in [4.69, 9.17) is 0 Å². The van der Waals surface area contributed by atoms with Crippen LogP contribution in [0.25, 0.3) is 0 Å². The van der Waals surface area contributed by atoms with Crippen LogP contribution in [0.5, 0.6) is 0 Å². The largest absolute Gasteiger partial charge is 0.359 e. The third-order valence-corrected chi connectivity index (χ3v) is 4.84. The lowest BCUT2D eigenvalue weighted by atomic mass is 10.1. The highest BCUT2D eigenvalue weighted by molar-refractivity contribution is 5.98. The van der Waals surface area contributed by atoms with Crippen LogP contribution in [0.1, 0.15) is 18.1 Å². The van der Waals surface area contributed by atoms with E-state index in [-0.39, 0.29) is 5.91 Å². The first-order valence-electron chi connectivity index (χ1n) is 7.97. The van der Waals surface area contributed by atoms with Crippen molar-refractivity contribution in [3.8, 4) is 0 Å². The van der Waals surface area contributed by atoms with Gasteiger partial charge in [-0.15, -0.1) is 0 Å². The van der Waals surface area contributed by atoms with Crippen molar-refractivity contribution in [3.63, 3.8) is 0 Å². The molecule has 0 N–H and O–H groups in total. The summed E-state index contributed by atoms with van der Waals surface area (Å²) in [5.41, 5.74) is 4.94. The summed E-state index contributed by atoms with van der Waals surface area (Å²) in [7, 11) is 0. The molecule has 0 aromatic heterocycles. The molecule has 0 saturated carbocycles. The molecule has 2 aromatic carbocycles. The number of amides is 1. The lowest BCUT2D eigenvalue weighted by molar-refractivity contribution is -0.117. The molecule has 0 bridgehead atoms. The topological polar surface area (TPSA) is 23.6 Å². The van der Waals surface area contributed by atoms with Gasteiger partial charge < -0.3 is 9.80 Å². The number of carbonyl (C=O) groups is 1. The second-order valence-corrected chi connectivity index (χ2v) is 6.23. The van der Waals surface area contributed by atoms with Crippen LogP contribution in [0.4, 0.5) is 11.4 Å². The van der Waals surface area contributed by atoms with Gasteiger partial charge in [0.25, 0.3) is 0 Å². The first-order chi connectivity index (χ1) is 10.7. The Morgan fingerprint density at radius 3 is 2.55 bits per heavy atom. The average molecular weight is 292 g/mol. The van der Waals surface area contributed by atoms with E-state index in [0.717, 1.165) is 25.1 Å².